The fraction of sp³-hybridized carbons (Fsp3) is 0.593. The van der Waals surface area contributed by atoms with Crippen LogP contribution in [0, 0.1) is 0 Å². The second-order valence-corrected chi connectivity index (χ2v) is 10.6. The molecule has 2 atom stereocenters. The van der Waals surface area contributed by atoms with Crippen molar-refractivity contribution in [2.75, 3.05) is 57.9 Å². The number of rotatable bonds is 6. The molecule has 0 unspecified atom stereocenters. The molecule has 0 radical (unpaired) electrons. The van der Waals surface area contributed by atoms with Crippen LogP contribution >= 0.6 is 11.6 Å². The van der Waals surface area contributed by atoms with E-state index in [1.165, 1.54) is 11.3 Å². The molecule has 1 aromatic heterocycles. The number of aryl methyl sites for hydroxylation is 1. The van der Waals surface area contributed by atoms with Crippen molar-refractivity contribution in [1.82, 2.24) is 19.8 Å². The van der Waals surface area contributed by atoms with Crippen LogP contribution in [0.1, 0.15) is 54.8 Å². The number of nitrogens with zero attached hydrogens (tertiary/aromatic N) is 5. The van der Waals surface area contributed by atoms with Crippen LogP contribution in [-0.4, -0.2) is 84.7 Å². The summed E-state index contributed by atoms with van der Waals surface area (Å²) in [5.41, 5.74) is 3.53. The highest BCUT2D eigenvalue weighted by atomic mass is 35.5. The average molecular weight is 498 g/mol. The lowest BCUT2D eigenvalue weighted by Crippen LogP contribution is -2.52. The molecule has 0 saturated carbocycles. The van der Waals surface area contributed by atoms with E-state index in [1.54, 1.807) is 6.33 Å². The summed E-state index contributed by atoms with van der Waals surface area (Å²) in [6, 6.07) is 8.24. The summed E-state index contributed by atoms with van der Waals surface area (Å²) in [5.74, 6) is 1.55. The number of likely N-dealkylation sites (N-methyl/N-ethyl adjacent to an activating group) is 1. The van der Waals surface area contributed by atoms with Gasteiger partial charge in [0.2, 0.25) is 5.91 Å². The number of amides is 1. The molecule has 5 rings (SSSR count). The van der Waals surface area contributed by atoms with Crippen LogP contribution in [0.15, 0.2) is 30.6 Å². The number of hydrogen-bond acceptors (Lipinski definition) is 6. The molecule has 7 nitrogen and oxygen atoms in total. The lowest BCUT2D eigenvalue weighted by atomic mass is 9.95. The highest BCUT2D eigenvalue weighted by Gasteiger charge is 2.33. The predicted octanol–water partition coefficient (Wildman–Crippen LogP) is 3.72. The molecule has 8 heteroatoms. The Hall–Kier alpha value is -2.22. The number of halogens is 1. The average Bonchev–Trinajstić information content (AvgIpc) is 3.29. The standard InChI is InChI=1S/C27H36ClN5O2/c1-19-3-8-24-25(19)26(30-18-29-24)32-11-13-33(14-12-32)27(34)23(20-4-6-21(28)7-5-20)17-31(2)22-9-15-35-16-10-22/h4-7,18-19,22-23H,3,8-17H2,1-2H3/t19-,23-/m1/s1. The van der Waals surface area contributed by atoms with Crippen LogP contribution in [0.4, 0.5) is 5.82 Å². The minimum Gasteiger partial charge on any atom is -0.381 e. The summed E-state index contributed by atoms with van der Waals surface area (Å²) in [6.07, 6.45) is 5.90. The first-order valence-corrected chi connectivity index (χ1v) is 13.3. The Morgan fingerprint density at radius 1 is 1.11 bits per heavy atom. The molecule has 188 valence electrons. The number of benzene rings is 1. The number of aromatic nitrogens is 2. The quantitative estimate of drug-likeness (QED) is 0.606. The van der Waals surface area contributed by atoms with Crippen LogP contribution in [-0.2, 0) is 16.0 Å². The van der Waals surface area contributed by atoms with Gasteiger partial charge in [0.25, 0.3) is 0 Å². The van der Waals surface area contributed by atoms with Gasteiger partial charge >= 0.3 is 0 Å². The van der Waals surface area contributed by atoms with Gasteiger partial charge in [-0.05, 0) is 56.3 Å². The molecular formula is C27H36ClN5O2. The second-order valence-electron chi connectivity index (χ2n) is 10.2. The highest BCUT2D eigenvalue weighted by Crippen LogP contribution is 2.37. The number of carbonyl (C=O) groups is 1. The Labute approximate surface area is 213 Å². The van der Waals surface area contributed by atoms with Crippen LogP contribution in [0.3, 0.4) is 0 Å². The third-order valence-electron chi connectivity index (χ3n) is 8.00. The zero-order valence-corrected chi connectivity index (χ0v) is 21.6. The fourth-order valence-electron chi connectivity index (χ4n) is 5.82. The Kier molecular flexibility index (Phi) is 7.56. The van der Waals surface area contributed by atoms with Gasteiger partial charge in [0.05, 0.1) is 5.92 Å². The van der Waals surface area contributed by atoms with Crippen molar-refractivity contribution >= 4 is 23.3 Å². The lowest BCUT2D eigenvalue weighted by molar-refractivity contribution is -0.133. The van der Waals surface area contributed by atoms with E-state index < -0.39 is 0 Å². The minimum absolute atomic E-state index is 0.201. The molecule has 1 aliphatic carbocycles. The van der Waals surface area contributed by atoms with Crippen molar-refractivity contribution in [3.63, 3.8) is 0 Å². The molecule has 0 bridgehead atoms. The molecule has 3 heterocycles. The van der Waals surface area contributed by atoms with E-state index >= 15 is 0 Å². The largest absolute Gasteiger partial charge is 0.381 e. The molecule has 35 heavy (non-hydrogen) atoms. The van der Waals surface area contributed by atoms with Crippen LogP contribution < -0.4 is 4.90 Å². The van der Waals surface area contributed by atoms with E-state index in [9.17, 15) is 4.79 Å². The Morgan fingerprint density at radius 2 is 1.83 bits per heavy atom. The normalized spacial score (nSPS) is 21.9. The zero-order chi connectivity index (χ0) is 24.4. The topological polar surface area (TPSA) is 61.8 Å². The second kappa shape index (κ2) is 10.8. The maximum atomic E-state index is 13.9. The number of carbonyl (C=O) groups excluding carboxylic acids is 1. The Bertz CT molecular complexity index is 1020. The van der Waals surface area contributed by atoms with E-state index in [-0.39, 0.29) is 11.8 Å². The number of hydrogen-bond donors (Lipinski definition) is 0. The first-order valence-electron chi connectivity index (χ1n) is 12.9. The van der Waals surface area contributed by atoms with Gasteiger partial charge in [-0.2, -0.15) is 0 Å². The first-order chi connectivity index (χ1) is 17.0. The molecule has 2 fully saturated rings. The monoisotopic (exact) mass is 497 g/mol. The van der Waals surface area contributed by atoms with Crippen molar-refractivity contribution in [2.24, 2.45) is 0 Å². The van der Waals surface area contributed by atoms with Crippen molar-refractivity contribution < 1.29 is 9.53 Å². The molecule has 2 saturated heterocycles. The molecule has 2 aliphatic heterocycles. The van der Waals surface area contributed by atoms with Gasteiger partial charge in [-0.1, -0.05) is 30.7 Å². The molecule has 1 aromatic carbocycles. The van der Waals surface area contributed by atoms with Gasteiger partial charge in [-0.25, -0.2) is 9.97 Å². The molecule has 3 aliphatic rings. The Morgan fingerprint density at radius 3 is 2.54 bits per heavy atom. The van der Waals surface area contributed by atoms with Crippen LogP contribution in [0.25, 0.3) is 0 Å². The summed E-state index contributed by atoms with van der Waals surface area (Å²) in [5, 5.41) is 0.693. The van der Waals surface area contributed by atoms with Crippen molar-refractivity contribution in [3.8, 4) is 0 Å². The zero-order valence-electron chi connectivity index (χ0n) is 20.8. The van der Waals surface area contributed by atoms with Crippen molar-refractivity contribution in [1.29, 1.82) is 0 Å². The van der Waals surface area contributed by atoms with Crippen LogP contribution in [0.2, 0.25) is 5.02 Å². The third kappa shape index (κ3) is 5.32. The van der Waals surface area contributed by atoms with E-state index in [0.29, 0.717) is 36.6 Å². The number of ether oxygens (including phenoxy) is 1. The summed E-state index contributed by atoms with van der Waals surface area (Å²) in [4.78, 5) is 29.8. The molecule has 0 N–H and O–H groups in total. The summed E-state index contributed by atoms with van der Waals surface area (Å²) in [6.45, 7) is 7.56. The van der Waals surface area contributed by atoms with Gasteiger partial charge in [-0.3, -0.25) is 4.79 Å². The maximum absolute atomic E-state index is 13.9. The van der Waals surface area contributed by atoms with E-state index in [1.807, 2.05) is 29.2 Å². The van der Waals surface area contributed by atoms with Crippen molar-refractivity contribution in [2.45, 2.75) is 50.5 Å². The molecule has 1 amide bonds. The summed E-state index contributed by atoms with van der Waals surface area (Å²) in [7, 11) is 2.14. The van der Waals surface area contributed by atoms with Gasteiger partial charge in [-0.15, -0.1) is 0 Å². The maximum Gasteiger partial charge on any atom is 0.231 e. The number of piperazine rings is 1. The summed E-state index contributed by atoms with van der Waals surface area (Å²) < 4.78 is 5.55. The van der Waals surface area contributed by atoms with E-state index in [4.69, 9.17) is 16.3 Å². The SMILES string of the molecule is C[C@@H]1CCc2ncnc(N3CCN(C(=O)[C@H](CN(C)C4CCOCC4)c4ccc(Cl)cc4)CC3)c21. The lowest BCUT2D eigenvalue weighted by Gasteiger charge is -2.39. The minimum atomic E-state index is -0.213. The van der Waals surface area contributed by atoms with Gasteiger partial charge in [0.15, 0.2) is 0 Å². The first kappa shape index (κ1) is 24.5. The van der Waals surface area contributed by atoms with Crippen LogP contribution in [0.5, 0.6) is 0 Å². The number of fused-ring (bicyclic) bond motifs is 1. The molecular weight excluding hydrogens is 462 g/mol. The summed E-state index contributed by atoms with van der Waals surface area (Å²) >= 11 is 6.16. The highest BCUT2D eigenvalue weighted by molar-refractivity contribution is 6.30. The Balaban J connectivity index is 1.29. The fourth-order valence-corrected chi connectivity index (χ4v) is 5.94. The smallest absolute Gasteiger partial charge is 0.231 e. The van der Waals surface area contributed by atoms with Crippen molar-refractivity contribution in [3.05, 3.63) is 52.4 Å². The van der Waals surface area contributed by atoms with Gasteiger partial charge in [0, 0.05) is 68.3 Å². The van der Waals surface area contributed by atoms with Gasteiger partial charge in [0.1, 0.15) is 12.1 Å². The molecule has 0 spiro atoms. The number of anilines is 1. The molecule has 2 aromatic rings. The van der Waals surface area contributed by atoms with E-state index in [2.05, 4.69) is 33.7 Å². The third-order valence-corrected chi connectivity index (χ3v) is 8.25. The van der Waals surface area contributed by atoms with E-state index in [0.717, 1.165) is 63.4 Å². The predicted molar refractivity (Wildman–Crippen MR) is 138 cm³/mol. The van der Waals surface area contributed by atoms with Gasteiger partial charge < -0.3 is 19.4 Å².